The fraction of sp³-hybridized carbons (Fsp3) is 0.286. The molecule has 0 amide bonds. The minimum Gasteiger partial charge on any atom is -0.508 e. The summed E-state index contributed by atoms with van der Waals surface area (Å²) in [4.78, 5) is 0. The van der Waals surface area contributed by atoms with Crippen molar-refractivity contribution < 1.29 is 10.2 Å². The summed E-state index contributed by atoms with van der Waals surface area (Å²) in [6, 6.07) is 4.77. The Labute approximate surface area is 95.6 Å². The Bertz CT molecular complexity index is 444. The van der Waals surface area contributed by atoms with Crippen LogP contribution in [0.3, 0.4) is 0 Å². The molecule has 1 unspecified atom stereocenters. The third kappa shape index (κ3) is 2.11. The van der Waals surface area contributed by atoms with Crippen LogP contribution >= 0.6 is 0 Å². The number of phenolic OH excluding ortho intramolecular Hbond substituents is 2. The summed E-state index contributed by atoms with van der Waals surface area (Å²) in [5, 5.41) is 19.0. The van der Waals surface area contributed by atoms with Crippen molar-refractivity contribution in [2.45, 2.75) is 25.7 Å². The number of allylic oxidation sites excluding steroid dienone is 4. The van der Waals surface area contributed by atoms with Crippen molar-refractivity contribution in [2.75, 3.05) is 0 Å². The quantitative estimate of drug-likeness (QED) is 0.794. The monoisotopic (exact) mass is 216 g/mol. The molecule has 1 aromatic rings. The highest BCUT2D eigenvalue weighted by Crippen LogP contribution is 2.34. The number of benzene rings is 1. The Morgan fingerprint density at radius 1 is 1.19 bits per heavy atom. The van der Waals surface area contributed by atoms with Crippen LogP contribution in [0.1, 0.15) is 31.2 Å². The van der Waals surface area contributed by atoms with Crippen molar-refractivity contribution in [3.8, 4) is 11.5 Å². The van der Waals surface area contributed by atoms with Gasteiger partial charge in [0.2, 0.25) is 0 Å². The summed E-state index contributed by atoms with van der Waals surface area (Å²) in [5.74, 6) is 0.422. The van der Waals surface area contributed by atoms with Gasteiger partial charge in [-0.2, -0.15) is 0 Å². The van der Waals surface area contributed by atoms with Crippen molar-refractivity contribution in [3.63, 3.8) is 0 Å². The molecule has 1 aliphatic carbocycles. The van der Waals surface area contributed by atoms with Gasteiger partial charge in [-0.15, -0.1) is 0 Å². The minimum absolute atomic E-state index is 0.0987. The Balaban J connectivity index is 2.30. The molecule has 1 atom stereocenters. The molecule has 0 saturated carbocycles. The second-order valence-electron chi connectivity index (χ2n) is 4.15. The Hall–Kier alpha value is -1.70. The molecule has 84 valence electrons. The molecule has 0 aromatic heterocycles. The lowest BCUT2D eigenvalue weighted by Gasteiger charge is -2.17. The van der Waals surface area contributed by atoms with Gasteiger partial charge in [-0.25, -0.2) is 0 Å². The smallest absolute Gasteiger partial charge is 0.123 e. The number of phenols is 2. The summed E-state index contributed by atoms with van der Waals surface area (Å²) in [7, 11) is 0. The van der Waals surface area contributed by atoms with Crippen LogP contribution in [-0.2, 0) is 0 Å². The first kappa shape index (κ1) is 10.8. The normalized spacial score (nSPS) is 16.9. The lowest BCUT2D eigenvalue weighted by molar-refractivity contribution is 0.444. The molecule has 0 fully saturated rings. The van der Waals surface area contributed by atoms with E-state index < -0.39 is 0 Å². The molecule has 0 radical (unpaired) electrons. The van der Waals surface area contributed by atoms with Crippen molar-refractivity contribution in [1.29, 1.82) is 0 Å². The van der Waals surface area contributed by atoms with E-state index in [1.54, 1.807) is 12.1 Å². The van der Waals surface area contributed by atoms with Crippen molar-refractivity contribution in [2.24, 2.45) is 0 Å². The molecule has 0 spiro atoms. The SMILES string of the molecule is CC(C1=CCCC=C1)c1ccc(O)cc1O. The molecule has 16 heavy (non-hydrogen) atoms. The first-order chi connectivity index (χ1) is 7.68. The summed E-state index contributed by atoms with van der Waals surface area (Å²) in [6.45, 7) is 2.06. The molecule has 1 aromatic carbocycles. The van der Waals surface area contributed by atoms with Gasteiger partial charge in [-0.1, -0.05) is 31.2 Å². The van der Waals surface area contributed by atoms with Crippen LogP contribution in [0.5, 0.6) is 11.5 Å². The molecular formula is C14H16O2. The molecule has 0 aliphatic heterocycles. The van der Waals surface area contributed by atoms with E-state index in [0.717, 1.165) is 18.4 Å². The van der Waals surface area contributed by atoms with E-state index in [-0.39, 0.29) is 17.4 Å². The molecule has 2 N–H and O–H groups in total. The predicted molar refractivity (Wildman–Crippen MR) is 64.6 cm³/mol. The minimum atomic E-state index is 0.0987. The fourth-order valence-corrected chi connectivity index (χ4v) is 2.03. The Morgan fingerprint density at radius 2 is 2.00 bits per heavy atom. The van der Waals surface area contributed by atoms with Gasteiger partial charge in [0.15, 0.2) is 0 Å². The number of hydrogen-bond donors (Lipinski definition) is 2. The van der Waals surface area contributed by atoms with Crippen LogP contribution in [0.25, 0.3) is 0 Å². The van der Waals surface area contributed by atoms with E-state index in [9.17, 15) is 10.2 Å². The van der Waals surface area contributed by atoms with Crippen LogP contribution < -0.4 is 0 Å². The zero-order chi connectivity index (χ0) is 11.5. The first-order valence-electron chi connectivity index (χ1n) is 5.57. The Morgan fingerprint density at radius 3 is 2.62 bits per heavy atom. The van der Waals surface area contributed by atoms with E-state index >= 15 is 0 Å². The molecule has 2 heteroatoms. The molecule has 2 nitrogen and oxygen atoms in total. The van der Waals surface area contributed by atoms with E-state index in [2.05, 4.69) is 25.2 Å². The van der Waals surface area contributed by atoms with Crippen LogP contribution in [-0.4, -0.2) is 10.2 Å². The molecule has 0 saturated heterocycles. The van der Waals surface area contributed by atoms with Crippen molar-refractivity contribution >= 4 is 0 Å². The van der Waals surface area contributed by atoms with E-state index in [1.807, 2.05) is 0 Å². The average Bonchev–Trinajstić information content (AvgIpc) is 2.29. The van der Waals surface area contributed by atoms with Gasteiger partial charge in [-0.3, -0.25) is 0 Å². The number of rotatable bonds is 2. The second kappa shape index (κ2) is 4.44. The largest absolute Gasteiger partial charge is 0.508 e. The van der Waals surface area contributed by atoms with Gasteiger partial charge in [-0.05, 0) is 24.5 Å². The standard InChI is InChI=1S/C14H16O2/c1-10(11-5-3-2-4-6-11)13-8-7-12(15)9-14(13)16/h3,5-10,15-16H,2,4H2,1H3. The lowest BCUT2D eigenvalue weighted by Crippen LogP contribution is -1.98. The fourth-order valence-electron chi connectivity index (χ4n) is 2.03. The van der Waals surface area contributed by atoms with Gasteiger partial charge in [0.05, 0.1) is 0 Å². The zero-order valence-electron chi connectivity index (χ0n) is 9.35. The van der Waals surface area contributed by atoms with Crippen molar-refractivity contribution in [3.05, 3.63) is 47.6 Å². The predicted octanol–water partition coefficient (Wildman–Crippen LogP) is 3.48. The molecule has 2 rings (SSSR count). The van der Waals surface area contributed by atoms with Gasteiger partial charge < -0.3 is 10.2 Å². The van der Waals surface area contributed by atoms with Crippen LogP contribution in [0.4, 0.5) is 0 Å². The maximum Gasteiger partial charge on any atom is 0.123 e. The molecule has 0 bridgehead atoms. The van der Waals surface area contributed by atoms with Gasteiger partial charge in [0, 0.05) is 17.5 Å². The second-order valence-corrected chi connectivity index (χ2v) is 4.15. The third-order valence-corrected chi connectivity index (χ3v) is 3.00. The van der Waals surface area contributed by atoms with Crippen LogP contribution in [0.2, 0.25) is 0 Å². The van der Waals surface area contributed by atoms with Crippen molar-refractivity contribution in [1.82, 2.24) is 0 Å². The van der Waals surface area contributed by atoms with E-state index in [1.165, 1.54) is 11.6 Å². The van der Waals surface area contributed by atoms with Crippen LogP contribution in [0.15, 0.2) is 42.0 Å². The van der Waals surface area contributed by atoms with Gasteiger partial charge >= 0.3 is 0 Å². The van der Waals surface area contributed by atoms with E-state index in [0.29, 0.717) is 0 Å². The maximum absolute atomic E-state index is 9.78. The van der Waals surface area contributed by atoms with Gasteiger partial charge in [0.25, 0.3) is 0 Å². The summed E-state index contributed by atoms with van der Waals surface area (Å²) < 4.78 is 0. The van der Waals surface area contributed by atoms with Crippen LogP contribution in [0, 0.1) is 0 Å². The summed E-state index contributed by atoms with van der Waals surface area (Å²) >= 11 is 0. The number of hydrogen-bond acceptors (Lipinski definition) is 2. The summed E-state index contributed by atoms with van der Waals surface area (Å²) in [6.07, 6.45) is 8.63. The lowest BCUT2D eigenvalue weighted by atomic mass is 9.89. The van der Waals surface area contributed by atoms with Gasteiger partial charge in [0.1, 0.15) is 11.5 Å². The average molecular weight is 216 g/mol. The first-order valence-corrected chi connectivity index (χ1v) is 5.57. The highest BCUT2D eigenvalue weighted by molar-refractivity contribution is 5.46. The third-order valence-electron chi connectivity index (χ3n) is 3.00. The van der Waals surface area contributed by atoms with E-state index in [4.69, 9.17) is 0 Å². The Kier molecular flexibility index (Phi) is 3.00. The zero-order valence-corrected chi connectivity index (χ0v) is 9.35. The maximum atomic E-state index is 9.78. The topological polar surface area (TPSA) is 40.5 Å². The summed E-state index contributed by atoms with van der Waals surface area (Å²) in [5.41, 5.74) is 2.09. The molecule has 0 heterocycles. The highest BCUT2D eigenvalue weighted by Gasteiger charge is 2.14. The molecule has 1 aliphatic rings. The molecular weight excluding hydrogens is 200 g/mol. The number of aromatic hydroxyl groups is 2. The highest BCUT2D eigenvalue weighted by atomic mass is 16.3.